The van der Waals surface area contributed by atoms with E-state index in [4.69, 9.17) is 9.84 Å². The second-order valence-electron chi connectivity index (χ2n) is 2.92. The van der Waals surface area contributed by atoms with Gasteiger partial charge in [-0.15, -0.1) is 0 Å². The predicted molar refractivity (Wildman–Crippen MR) is 52.3 cm³/mol. The van der Waals surface area contributed by atoms with E-state index in [-0.39, 0.29) is 11.3 Å². The Kier molecular flexibility index (Phi) is 3.43. The quantitative estimate of drug-likeness (QED) is 0.779. The molecule has 0 aromatic carbocycles. The minimum atomic E-state index is -1.30. The average Bonchev–Trinajstić information content (AvgIpc) is 2.20. The number of carboxylic acid groups (broad SMARTS) is 1. The second kappa shape index (κ2) is 4.59. The minimum Gasteiger partial charge on any atom is -0.494 e. The molecule has 0 spiro atoms. The normalized spacial score (nSPS) is 10.0. The summed E-state index contributed by atoms with van der Waals surface area (Å²) in [5.74, 6) is -1.32. The van der Waals surface area contributed by atoms with Crippen LogP contribution in [-0.4, -0.2) is 28.0 Å². The van der Waals surface area contributed by atoms with E-state index in [9.17, 15) is 9.59 Å². The number of hydrogen-bond donors (Lipinski definition) is 1. The van der Waals surface area contributed by atoms with Crippen LogP contribution in [0.3, 0.4) is 0 Å². The van der Waals surface area contributed by atoms with Crippen LogP contribution < -0.4 is 10.3 Å². The summed E-state index contributed by atoms with van der Waals surface area (Å²) in [4.78, 5) is 22.5. The highest BCUT2D eigenvalue weighted by Crippen LogP contribution is 2.11. The molecular formula is C9H12N2O4. The lowest BCUT2D eigenvalue weighted by atomic mass is 10.3. The maximum atomic E-state index is 11.6. The maximum Gasteiger partial charge on any atom is 0.345 e. The molecule has 0 aliphatic heterocycles. The number of hydrogen-bond acceptors (Lipinski definition) is 4. The van der Waals surface area contributed by atoms with Crippen molar-refractivity contribution in [1.29, 1.82) is 0 Å². The van der Waals surface area contributed by atoms with Crippen LogP contribution in [-0.2, 0) is 6.54 Å². The van der Waals surface area contributed by atoms with E-state index in [0.717, 1.165) is 4.68 Å². The lowest BCUT2D eigenvalue weighted by Gasteiger charge is -2.07. The highest BCUT2D eigenvalue weighted by Gasteiger charge is 2.18. The van der Waals surface area contributed by atoms with Crippen LogP contribution in [0.25, 0.3) is 0 Å². The summed E-state index contributed by atoms with van der Waals surface area (Å²) in [6, 6.07) is 0. The molecule has 1 heterocycles. The first-order valence-electron chi connectivity index (χ1n) is 4.49. The topological polar surface area (TPSA) is 81.4 Å². The Morgan fingerprint density at radius 2 is 2.33 bits per heavy atom. The Balaban J connectivity index is 3.36. The predicted octanol–water partition coefficient (Wildman–Crippen LogP) is 0.360. The Morgan fingerprint density at radius 1 is 1.67 bits per heavy atom. The summed E-state index contributed by atoms with van der Waals surface area (Å²) in [5, 5.41) is 12.6. The Bertz CT molecular complexity index is 425. The van der Waals surface area contributed by atoms with E-state index < -0.39 is 11.5 Å². The number of ether oxygens (including phenoxy) is 1. The number of carboxylic acids is 1. The van der Waals surface area contributed by atoms with Crippen molar-refractivity contribution in [2.75, 3.05) is 7.11 Å². The molecule has 15 heavy (non-hydrogen) atoms. The third kappa shape index (κ3) is 2.15. The molecule has 0 unspecified atom stereocenters. The van der Waals surface area contributed by atoms with Gasteiger partial charge in [0.25, 0.3) is 5.56 Å². The summed E-state index contributed by atoms with van der Waals surface area (Å²) in [5.41, 5.74) is -1.01. The highest BCUT2D eigenvalue weighted by atomic mass is 16.5. The summed E-state index contributed by atoms with van der Waals surface area (Å²) >= 11 is 0. The first kappa shape index (κ1) is 11.2. The summed E-state index contributed by atoms with van der Waals surface area (Å²) in [7, 11) is 1.30. The summed E-state index contributed by atoms with van der Waals surface area (Å²) in [6.07, 6.45) is 1.94. The van der Waals surface area contributed by atoms with Crippen molar-refractivity contribution in [3.8, 4) is 5.75 Å². The number of rotatable bonds is 4. The second-order valence-corrected chi connectivity index (χ2v) is 2.92. The van der Waals surface area contributed by atoms with Gasteiger partial charge in [-0.3, -0.25) is 4.79 Å². The lowest BCUT2D eigenvalue weighted by Crippen LogP contribution is -2.29. The summed E-state index contributed by atoms with van der Waals surface area (Å²) in [6.45, 7) is 2.27. The van der Waals surface area contributed by atoms with Crippen molar-refractivity contribution < 1.29 is 14.6 Å². The van der Waals surface area contributed by atoms with Crippen molar-refractivity contribution in [1.82, 2.24) is 9.78 Å². The van der Waals surface area contributed by atoms with Crippen molar-refractivity contribution in [2.24, 2.45) is 0 Å². The van der Waals surface area contributed by atoms with Crippen LogP contribution in [0.2, 0.25) is 0 Å². The molecule has 1 aromatic rings. The number of carbonyl (C=O) groups is 1. The zero-order valence-corrected chi connectivity index (χ0v) is 8.56. The number of nitrogens with zero attached hydrogens (tertiary/aromatic N) is 2. The summed E-state index contributed by atoms with van der Waals surface area (Å²) < 4.78 is 5.88. The molecule has 0 bridgehead atoms. The fourth-order valence-corrected chi connectivity index (χ4v) is 1.20. The van der Waals surface area contributed by atoms with Gasteiger partial charge in [-0.05, 0) is 6.42 Å². The third-order valence-corrected chi connectivity index (χ3v) is 1.88. The zero-order valence-electron chi connectivity index (χ0n) is 8.56. The number of methoxy groups -OCH3 is 1. The minimum absolute atomic E-state index is 0.0140. The molecule has 1 rings (SSSR count). The van der Waals surface area contributed by atoms with Crippen molar-refractivity contribution in [3.05, 3.63) is 22.1 Å². The monoisotopic (exact) mass is 212 g/mol. The van der Waals surface area contributed by atoms with Crippen molar-refractivity contribution in [3.63, 3.8) is 0 Å². The molecule has 0 radical (unpaired) electrons. The largest absolute Gasteiger partial charge is 0.494 e. The van der Waals surface area contributed by atoms with Gasteiger partial charge in [0.2, 0.25) is 0 Å². The molecule has 0 atom stereocenters. The number of aromatic carboxylic acids is 1. The molecular weight excluding hydrogens is 200 g/mol. The fourth-order valence-electron chi connectivity index (χ4n) is 1.20. The molecule has 0 fully saturated rings. The SMILES string of the molecule is CCCn1ncc(OC)c(C(=O)O)c1=O. The van der Waals surface area contributed by atoms with E-state index in [2.05, 4.69) is 5.10 Å². The molecule has 0 saturated carbocycles. The van der Waals surface area contributed by atoms with Gasteiger partial charge in [-0.2, -0.15) is 5.10 Å². The van der Waals surface area contributed by atoms with Gasteiger partial charge >= 0.3 is 5.97 Å². The first-order valence-corrected chi connectivity index (χ1v) is 4.49. The van der Waals surface area contributed by atoms with Gasteiger partial charge < -0.3 is 9.84 Å². The molecule has 0 aliphatic rings. The third-order valence-electron chi connectivity index (χ3n) is 1.88. The molecule has 0 amide bonds. The van der Waals surface area contributed by atoms with Gasteiger partial charge in [-0.25, -0.2) is 9.48 Å². The molecule has 1 N–H and O–H groups in total. The molecule has 6 heteroatoms. The van der Waals surface area contributed by atoms with Crippen LogP contribution in [0.15, 0.2) is 11.0 Å². The highest BCUT2D eigenvalue weighted by molar-refractivity contribution is 5.90. The Labute approximate surface area is 86.1 Å². The van der Waals surface area contributed by atoms with E-state index in [1.54, 1.807) is 0 Å². The van der Waals surface area contributed by atoms with Crippen LogP contribution >= 0.6 is 0 Å². The first-order chi connectivity index (χ1) is 7.11. The van der Waals surface area contributed by atoms with Crippen molar-refractivity contribution >= 4 is 5.97 Å². The van der Waals surface area contributed by atoms with E-state index >= 15 is 0 Å². The maximum absolute atomic E-state index is 11.6. The number of aryl methyl sites for hydroxylation is 1. The van der Waals surface area contributed by atoms with Gasteiger partial charge in [-0.1, -0.05) is 6.92 Å². The number of aromatic nitrogens is 2. The fraction of sp³-hybridized carbons (Fsp3) is 0.444. The average molecular weight is 212 g/mol. The molecule has 1 aromatic heterocycles. The van der Waals surface area contributed by atoms with Gasteiger partial charge in [0.15, 0.2) is 11.3 Å². The van der Waals surface area contributed by atoms with Crippen molar-refractivity contribution in [2.45, 2.75) is 19.9 Å². The van der Waals surface area contributed by atoms with Crippen LogP contribution in [0.5, 0.6) is 5.75 Å². The van der Waals surface area contributed by atoms with Gasteiger partial charge in [0, 0.05) is 6.54 Å². The molecule has 0 aliphatic carbocycles. The van der Waals surface area contributed by atoms with Gasteiger partial charge in [0.1, 0.15) is 0 Å². The standard InChI is InChI=1S/C9H12N2O4/c1-3-4-11-8(12)7(9(13)14)6(15-2)5-10-11/h5H,3-4H2,1-2H3,(H,13,14). The zero-order chi connectivity index (χ0) is 11.4. The van der Waals surface area contributed by atoms with Crippen LogP contribution in [0.1, 0.15) is 23.7 Å². The lowest BCUT2D eigenvalue weighted by molar-refractivity contribution is 0.0689. The Morgan fingerprint density at radius 3 is 2.80 bits per heavy atom. The molecule has 6 nitrogen and oxygen atoms in total. The van der Waals surface area contributed by atoms with E-state index in [1.807, 2.05) is 6.92 Å². The Hall–Kier alpha value is -1.85. The van der Waals surface area contributed by atoms with Gasteiger partial charge in [0.05, 0.1) is 13.3 Å². The molecule has 82 valence electrons. The van der Waals surface area contributed by atoms with Crippen LogP contribution in [0, 0.1) is 0 Å². The van der Waals surface area contributed by atoms with Crippen LogP contribution in [0.4, 0.5) is 0 Å². The smallest absolute Gasteiger partial charge is 0.345 e. The molecule has 0 saturated heterocycles. The van der Waals surface area contributed by atoms with E-state index in [1.165, 1.54) is 13.3 Å². The van der Waals surface area contributed by atoms with E-state index in [0.29, 0.717) is 13.0 Å².